The number of hydrogen-bond acceptors (Lipinski definition) is 7. The molecule has 1 aromatic carbocycles. The van der Waals surface area contributed by atoms with Gasteiger partial charge in [0.15, 0.2) is 0 Å². The molecule has 6 nitrogen and oxygen atoms in total. The van der Waals surface area contributed by atoms with Crippen molar-refractivity contribution in [3.63, 3.8) is 0 Å². The van der Waals surface area contributed by atoms with Crippen LogP contribution in [0, 0.1) is 11.8 Å². The molecule has 1 aliphatic rings. The number of aryl methyl sites for hydroxylation is 1. The van der Waals surface area contributed by atoms with Crippen molar-refractivity contribution in [2.45, 2.75) is 39.5 Å². The van der Waals surface area contributed by atoms with Crippen LogP contribution in [-0.2, 0) is 20.7 Å². The first-order chi connectivity index (χ1) is 13.1. The number of benzene rings is 1. The quantitative estimate of drug-likeness (QED) is 0.174. The molecule has 1 heterocycles. The number of rotatable bonds is 9. The summed E-state index contributed by atoms with van der Waals surface area (Å²) in [6.07, 6.45) is 4.03. The van der Waals surface area contributed by atoms with Gasteiger partial charge in [-0.15, -0.1) is 4.33 Å². The molecule has 1 aromatic rings. The van der Waals surface area contributed by atoms with Crippen molar-refractivity contribution in [1.29, 1.82) is 0 Å². The van der Waals surface area contributed by atoms with Crippen LogP contribution in [0.15, 0.2) is 30.3 Å². The van der Waals surface area contributed by atoms with Crippen molar-refractivity contribution < 1.29 is 55.5 Å². The Kier molecular flexibility index (Phi) is 25.7. The zero-order valence-corrected chi connectivity index (χ0v) is 20.7. The SMILES string of the molecule is CC1CNCC(C)C1.COOOSCCCc1ccccc1.OCCCO.[H-].[Na+]. The minimum absolute atomic E-state index is 0. The van der Waals surface area contributed by atoms with Crippen LogP contribution >= 0.6 is 12.0 Å². The van der Waals surface area contributed by atoms with Gasteiger partial charge in [-0.1, -0.05) is 49.2 Å². The van der Waals surface area contributed by atoms with Crippen LogP contribution in [0.3, 0.4) is 0 Å². The summed E-state index contributed by atoms with van der Waals surface area (Å²) in [6.45, 7) is 7.26. The van der Waals surface area contributed by atoms with Gasteiger partial charge in [0.2, 0.25) is 0 Å². The van der Waals surface area contributed by atoms with Gasteiger partial charge in [-0.3, -0.25) is 0 Å². The van der Waals surface area contributed by atoms with Crippen LogP contribution in [0.5, 0.6) is 0 Å². The van der Waals surface area contributed by atoms with E-state index in [0.717, 1.165) is 30.4 Å². The molecule has 1 saturated heterocycles. The van der Waals surface area contributed by atoms with E-state index in [4.69, 9.17) is 10.2 Å². The van der Waals surface area contributed by atoms with Crippen molar-refractivity contribution in [2.24, 2.45) is 11.8 Å². The molecule has 0 spiro atoms. The fourth-order valence-electron chi connectivity index (χ4n) is 2.56. The third kappa shape index (κ3) is 21.0. The summed E-state index contributed by atoms with van der Waals surface area (Å²) < 4.78 is 4.62. The maximum absolute atomic E-state index is 7.91. The molecule has 1 aliphatic heterocycles. The normalized spacial score (nSPS) is 18.0. The molecule has 28 heavy (non-hydrogen) atoms. The molecule has 8 heteroatoms. The Morgan fingerprint density at radius 1 is 1.07 bits per heavy atom. The molecule has 1 fully saturated rings. The van der Waals surface area contributed by atoms with Crippen LogP contribution in [-0.4, -0.2) is 49.4 Å². The molecule has 0 aromatic heterocycles. The molecular formula is C20H38NNaO5S. The zero-order chi connectivity index (χ0) is 20.2. The predicted molar refractivity (Wildman–Crippen MR) is 112 cm³/mol. The van der Waals surface area contributed by atoms with Gasteiger partial charge >= 0.3 is 29.6 Å². The summed E-state index contributed by atoms with van der Waals surface area (Å²) in [7, 11) is 1.41. The first kappa shape index (κ1) is 30.5. The molecule has 2 rings (SSSR count). The fraction of sp³-hybridized carbons (Fsp3) is 0.700. The Hall–Kier alpha value is 0.330. The Balaban J connectivity index is -0.000000385. The molecule has 2 unspecified atom stereocenters. The van der Waals surface area contributed by atoms with Gasteiger partial charge in [-0.2, -0.15) is 0 Å². The summed E-state index contributed by atoms with van der Waals surface area (Å²) in [6, 6.07) is 10.4. The van der Waals surface area contributed by atoms with Crippen molar-refractivity contribution in [3.05, 3.63) is 35.9 Å². The Bertz CT molecular complexity index is 413. The molecule has 2 atom stereocenters. The monoisotopic (exact) mass is 427 g/mol. The second-order valence-corrected chi connectivity index (χ2v) is 7.40. The van der Waals surface area contributed by atoms with Crippen LogP contribution < -0.4 is 34.9 Å². The van der Waals surface area contributed by atoms with Crippen molar-refractivity contribution in [1.82, 2.24) is 5.32 Å². The van der Waals surface area contributed by atoms with E-state index < -0.39 is 0 Å². The fourth-order valence-corrected chi connectivity index (χ4v) is 2.99. The first-order valence-electron chi connectivity index (χ1n) is 9.59. The molecule has 160 valence electrons. The van der Waals surface area contributed by atoms with Crippen molar-refractivity contribution in [3.8, 4) is 0 Å². The van der Waals surface area contributed by atoms with E-state index in [9.17, 15) is 0 Å². The molecule has 0 radical (unpaired) electrons. The maximum atomic E-state index is 7.91. The topological polar surface area (TPSA) is 80.2 Å². The van der Waals surface area contributed by atoms with Gasteiger partial charge in [0.1, 0.15) is 0 Å². The summed E-state index contributed by atoms with van der Waals surface area (Å²) in [5.74, 6) is 2.69. The molecule has 0 amide bonds. The summed E-state index contributed by atoms with van der Waals surface area (Å²) in [5.41, 5.74) is 1.35. The first-order valence-corrected chi connectivity index (χ1v) is 10.5. The van der Waals surface area contributed by atoms with Crippen LogP contribution in [0.4, 0.5) is 0 Å². The minimum Gasteiger partial charge on any atom is -1.00 e. The van der Waals surface area contributed by atoms with E-state index in [1.807, 2.05) is 18.2 Å². The standard InChI is InChI=1S/C10H14O3S.C7H15N.C3H8O2.Na.H/c1-11-12-13-14-9-5-8-10-6-3-2-4-7-10;1-6-3-7(2)5-8-4-6;4-2-1-3-5;;/h2-4,6-7H,5,8-9H2,1H3;6-8H,3-5H2,1-2H3;4-5H,1-3H2;;/q;;;+1;-1. The van der Waals surface area contributed by atoms with Gasteiger partial charge < -0.3 is 17.0 Å². The smallest absolute Gasteiger partial charge is 1.00 e. The summed E-state index contributed by atoms with van der Waals surface area (Å²) in [4.78, 5) is 4.26. The zero-order valence-electron chi connectivity index (χ0n) is 18.9. The third-order valence-corrected chi connectivity index (χ3v) is 4.39. The Labute approximate surface area is 198 Å². The number of piperidine rings is 1. The Morgan fingerprint density at radius 2 is 1.68 bits per heavy atom. The average molecular weight is 428 g/mol. The van der Waals surface area contributed by atoms with E-state index in [2.05, 4.69) is 45.6 Å². The van der Waals surface area contributed by atoms with E-state index in [-0.39, 0.29) is 44.2 Å². The summed E-state index contributed by atoms with van der Waals surface area (Å²) in [5, 5.41) is 23.4. The van der Waals surface area contributed by atoms with Crippen LogP contribution in [0.2, 0.25) is 0 Å². The van der Waals surface area contributed by atoms with E-state index in [0.29, 0.717) is 6.42 Å². The van der Waals surface area contributed by atoms with Crippen molar-refractivity contribution in [2.75, 3.05) is 39.2 Å². The van der Waals surface area contributed by atoms with Gasteiger partial charge in [0.25, 0.3) is 0 Å². The van der Waals surface area contributed by atoms with E-state index >= 15 is 0 Å². The van der Waals surface area contributed by atoms with E-state index in [1.54, 1.807) is 0 Å². The largest absolute Gasteiger partial charge is 1.00 e. The second kappa shape index (κ2) is 23.6. The van der Waals surface area contributed by atoms with E-state index in [1.165, 1.54) is 44.2 Å². The number of nitrogens with one attached hydrogen (secondary N) is 1. The van der Waals surface area contributed by atoms with Gasteiger partial charge in [0, 0.05) is 31.0 Å². The van der Waals surface area contributed by atoms with Crippen molar-refractivity contribution >= 4 is 12.0 Å². The number of hydrogen-bond donors (Lipinski definition) is 3. The number of aliphatic hydroxyl groups excluding tert-OH is 2. The molecule has 0 saturated carbocycles. The summed E-state index contributed by atoms with van der Waals surface area (Å²) >= 11 is 1.25. The van der Waals surface area contributed by atoms with Crippen LogP contribution in [0.25, 0.3) is 0 Å². The third-order valence-electron chi connectivity index (χ3n) is 3.79. The average Bonchev–Trinajstić information content (AvgIpc) is 2.67. The van der Waals surface area contributed by atoms with Crippen LogP contribution in [0.1, 0.15) is 40.1 Å². The predicted octanol–water partition coefficient (Wildman–Crippen LogP) is 0.507. The molecular weight excluding hydrogens is 389 g/mol. The van der Waals surface area contributed by atoms with Gasteiger partial charge in [-0.05, 0) is 56.2 Å². The maximum Gasteiger partial charge on any atom is 1.00 e. The molecule has 0 aliphatic carbocycles. The van der Waals surface area contributed by atoms with Gasteiger partial charge in [-0.25, -0.2) is 4.89 Å². The Morgan fingerprint density at radius 3 is 2.11 bits per heavy atom. The second-order valence-electron chi connectivity index (χ2n) is 6.62. The molecule has 0 bridgehead atoms. The van der Waals surface area contributed by atoms with Gasteiger partial charge in [0.05, 0.1) is 7.11 Å². The molecule has 3 N–H and O–H groups in total. The number of aliphatic hydroxyl groups is 2. The minimum atomic E-state index is 0.